The molecule has 5 nitrogen and oxygen atoms in total. The van der Waals surface area contributed by atoms with E-state index in [1.54, 1.807) is 17.0 Å². The average Bonchev–Trinajstić information content (AvgIpc) is 3.22. The number of nitrogens with zero attached hydrogens (tertiary/aromatic N) is 2. The number of benzene rings is 2. The molecule has 1 aliphatic rings. The van der Waals surface area contributed by atoms with E-state index >= 15 is 0 Å². The number of carbonyl (C=O) groups excluding carboxylic acids is 2. The molecule has 3 rings (SSSR count). The maximum Gasteiger partial charge on any atom is 0.254 e. The molecule has 0 bridgehead atoms. The minimum Gasteiger partial charge on any atom is -0.350 e. The molecule has 6 heteroatoms. The molecule has 0 spiro atoms. The highest BCUT2D eigenvalue weighted by Crippen LogP contribution is 2.21. The smallest absolute Gasteiger partial charge is 0.254 e. The molecule has 1 saturated heterocycles. The third kappa shape index (κ3) is 5.67. The first-order chi connectivity index (χ1) is 14.0. The molecule has 1 heterocycles. The van der Waals surface area contributed by atoms with Crippen molar-refractivity contribution in [1.82, 2.24) is 15.1 Å². The van der Waals surface area contributed by atoms with E-state index in [0.717, 1.165) is 29.5 Å². The van der Waals surface area contributed by atoms with Crippen LogP contribution in [0.2, 0.25) is 0 Å². The van der Waals surface area contributed by atoms with E-state index in [9.17, 15) is 9.59 Å². The van der Waals surface area contributed by atoms with Gasteiger partial charge in [0.2, 0.25) is 5.91 Å². The molecule has 1 fully saturated rings. The average molecular weight is 458 g/mol. The van der Waals surface area contributed by atoms with Crippen molar-refractivity contribution >= 4 is 27.7 Å². The summed E-state index contributed by atoms with van der Waals surface area (Å²) >= 11 is 3.39. The van der Waals surface area contributed by atoms with E-state index in [4.69, 9.17) is 0 Å². The number of amides is 2. The van der Waals surface area contributed by atoms with Crippen molar-refractivity contribution in [2.75, 3.05) is 20.1 Å². The zero-order valence-corrected chi connectivity index (χ0v) is 18.6. The fraction of sp³-hybridized carbons (Fsp3) is 0.391. The topological polar surface area (TPSA) is 52.7 Å². The largest absolute Gasteiger partial charge is 0.350 e. The summed E-state index contributed by atoms with van der Waals surface area (Å²) in [6.45, 7) is 5.10. The van der Waals surface area contributed by atoms with Gasteiger partial charge in [0.05, 0.1) is 0 Å². The summed E-state index contributed by atoms with van der Waals surface area (Å²) in [6.07, 6.45) is 1.55. The summed E-state index contributed by atoms with van der Waals surface area (Å²) in [5.41, 5.74) is 2.92. The normalized spacial score (nSPS) is 16.3. The summed E-state index contributed by atoms with van der Waals surface area (Å²) in [5, 5.41) is 3.03. The van der Waals surface area contributed by atoms with Gasteiger partial charge < -0.3 is 15.1 Å². The lowest BCUT2D eigenvalue weighted by Crippen LogP contribution is -2.45. The predicted octanol–water partition coefficient (Wildman–Crippen LogP) is 3.82. The summed E-state index contributed by atoms with van der Waals surface area (Å²) < 4.78 is 0.928. The Hall–Kier alpha value is -2.18. The summed E-state index contributed by atoms with van der Waals surface area (Å²) in [5.74, 6) is -0.163. The number of rotatable bonds is 7. The molecule has 2 aromatic carbocycles. The second-order valence-electron chi connectivity index (χ2n) is 7.53. The molecule has 0 saturated carbocycles. The summed E-state index contributed by atoms with van der Waals surface area (Å²) in [6, 6.07) is 15.2. The summed E-state index contributed by atoms with van der Waals surface area (Å²) in [4.78, 5) is 29.6. The van der Waals surface area contributed by atoms with Crippen molar-refractivity contribution in [3.05, 3.63) is 69.7 Å². The van der Waals surface area contributed by atoms with Gasteiger partial charge >= 0.3 is 0 Å². The zero-order valence-electron chi connectivity index (χ0n) is 17.0. The number of halogens is 1. The molecule has 1 unspecified atom stereocenters. The van der Waals surface area contributed by atoms with Crippen LogP contribution >= 0.6 is 15.9 Å². The van der Waals surface area contributed by atoms with Crippen LogP contribution in [0.5, 0.6) is 0 Å². The van der Waals surface area contributed by atoms with Crippen molar-refractivity contribution in [1.29, 1.82) is 0 Å². The first-order valence-corrected chi connectivity index (χ1v) is 10.9. The molecule has 0 radical (unpaired) electrons. The van der Waals surface area contributed by atoms with E-state index in [0.29, 0.717) is 25.1 Å². The summed E-state index contributed by atoms with van der Waals surface area (Å²) in [7, 11) is 2.09. The van der Waals surface area contributed by atoms with Crippen molar-refractivity contribution < 1.29 is 9.59 Å². The van der Waals surface area contributed by atoms with Crippen molar-refractivity contribution in [2.45, 2.75) is 38.9 Å². The second kappa shape index (κ2) is 10.0. The van der Waals surface area contributed by atoms with Crippen LogP contribution in [0.3, 0.4) is 0 Å². The molecule has 1 atom stereocenters. The van der Waals surface area contributed by atoms with Gasteiger partial charge in [-0.2, -0.15) is 0 Å². The van der Waals surface area contributed by atoms with Crippen LogP contribution in [0, 0.1) is 0 Å². The Labute approximate surface area is 181 Å². The third-order valence-corrected chi connectivity index (χ3v) is 5.89. The van der Waals surface area contributed by atoms with Crippen LogP contribution in [-0.2, 0) is 17.9 Å². The minimum absolute atomic E-state index is 0.0796. The molecule has 1 N–H and O–H groups in total. The highest BCUT2D eigenvalue weighted by Gasteiger charge is 2.34. The second-order valence-corrected chi connectivity index (χ2v) is 8.45. The van der Waals surface area contributed by atoms with Gasteiger partial charge in [-0.3, -0.25) is 9.59 Å². The Morgan fingerprint density at radius 2 is 1.90 bits per heavy atom. The third-order valence-electron chi connectivity index (χ3n) is 5.36. The fourth-order valence-electron chi connectivity index (χ4n) is 3.61. The van der Waals surface area contributed by atoms with Crippen molar-refractivity contribution in [2.24, 2.45) is 0 Å². The van der Waals surface area contributed by atoms with Gasteiger partial charge in [-0.25, -0.2) is 0 Å². The lowest BCUT2D eigenvalue weighted by atomic mass is 10.1. The van der Waals surface area contributed by atoms with Gasteiger partial charge in [0.25, 0.3) is 5.91 Å². The highest BCUT2D eigenvalue weighted by molar-refractivity contribution is 9.10. The number of hydrogen-bond donors (Lipinski definition) is 1. The Morgan fingerprint density at radius 3 is 2.62 bits per heavy atom. The first-order valence-electron chi connectivity index (χ1n) is 10.1. The molecule has 2 amide bonds. The lowest BCUT2D eigenvalue weighted by Gasteiger charge is -2.24. The van der Waals surface area contributed by atoms with Gasteiger partial charge in [0, 0.05) is 29.7 Å². The SMILES string of the molecule is CCN(C)Cc1cccc(CNC(=O)C2CCCN2C(=O)c2ccc(Br)cc2)c1. The maximum absolute atomic E-state index is 12.8. The molecule has 0 aliphatic carbocycles. The molecule has 2 aromatic rings. The zero-order chi connectivity index (χ0) is 20.8. The van der Waals surface area contributed by atoms with E-state index in [1.807, 2.05) is 24.3 Å². The van der Waals surface area contributed by atoms with Crippen LogP contribution in [0.15, 0.2) is 53.0 Å². The number of hydrogen-bond acceptors (Lipinski definition) is 3. The monoisotopic (exact) mass is 457 g/mol. The highest BCUT2D eigenvalue weighted by atomic mass is 79.9. The van der Waals surface area contributed by atoms with Crippen LogP contribution in [-0.4, -0.2) is 47.8 Å². The van der Waals surface area contributed by atoms with E-state index in [2.05, 4.69) is 52.3 Å². The van der Waals surface area contributed by atoms with E-state index < -0.39 is 6.04 Å². The Morgan fingerprint density at radius 1 is 1.17 bits per heavy atom. The molecule has 0 aromatic heterocycles. The Bertz CT molecular complexity index is 853. The molecular formula is C23H28BrN3O2. The molecular weight excluding hydrogens is 430 g/mol. The predicted molar refractivity (Wildman–Crippen MR) is 118 cm³/mol. The van der Waals surface area contributed by atoms with E-state index in [1.165, 1.54) is 5.56 Å². The van der Waals surface area contributed by atoms with Gasteiger partial charge in [-0.1, -0.05) is 47.1 Å². The molecule has 154 valence electrons. The Balaban J connectivity index is 1.60. The lowest BCUT2D eigenvalue weighted by molar-refractivity contribution is -0.125. The number of carbonyl (C=O) groups is 2. The quantitative estimate of drug-likeness (QED) is 0.687. The van der Waals surface area contributed by atoms with Crippen LogP contribution in [0.25, 0.3) is 0 Å². The number of likely N-dealkylation sites (tertiary alicyclic amines) is 1. The maximum atomic E-state index is 12.8. The Kier molecular flexibility index (Phi) is 7.45. The van der Waals surface area contributed by atoms with Gasteiger partial charge in [-0.05, 0) is 61.8 Å². The van der Waals surface area contributed by atoms with Crippen LogP contribution in [0.4, 0.5) is 0 Å². The first kappa shape index (κ1) is 21.5. The van der Waals surface area contributed by atoms with Crippen LogP contribution in [0.1, 0.15) is 41.3 Å². The minimum atomic E-state index is -0.402. The fourth-order valence-corrected chi connectivity index (χ4v) is 3.87. The van der Waals surface area contributed by atoms with Gasteiger partial charge in [-0.15, -0.1) is 0 Å². The standard InChI is InChI=1S/C23H28BrN3O2/c1-3-26(2)16-18-7-4-6-17(14-18)15-25-22(28)21-8-5-13-27(21)23(29)19-9-11-20(24)12-10-19/h4,6-7,9-12,14,21H,3,5,8,13,15-16H2,1-2H3,(H,25,28). The van der Waals surface area contributed by atoms with Gasteiger partial charge in [0.15, 0.2) is 0 Å². The van der Waals surface area contributed by atoms with E-state index in [-0.39, 0.29) is 11.8 Å². The van der Waals surface area contributed by atoms with Crippen LogP contribution < -0.4 is 5.32 Å². The number of nitrogens with one attached hydrogen (secondary N) is 1. The molecule has 29 heavy (non-hydrogen) atoms. The van der Waals surface area contributed by atoms with Crippen molar-refractivity contribution in [3.63, 3.8) is 0 Å². The molecule has 1 aliphatic heterocycles. The van der Waals surface area contributed by atoms with Gasteiger partial charge in [0.1, 0.15) is 6.04 Å². The van der Waals surface area contributed by atoms with Crippen molar-refractivity contribution in [3.8, 4) is 0 Å².